The topological polar surface area (TPSA) is 73.5 Å². The van der Waals surface area contributed by atoms with Crippen molar-refractivity contribution in [2.45, 2.75) is 38.4 Å². The first-order chi connectivity index (χ1) is 15.4. The van der Waals surface area contributed by atoms with Gasteiger partial charge in [-0.05, 0) is 61.2 Å². The van der Waals surface area contributed by atoms with Gasteiger partial charge < -0.3 is 10.6 Å². The number of hydrogen-bond donors (Lipinski definition) is 3. The summed E-state index contributed by atoms with van der Waals surface area (Å²) in [6.45, 7) is 6.28. The van der Waals surface area contributed by atoms with Crippen molar-refractivity contribution in [3.05, 3.63) is 65.0 Å². The molecule has 2 aromatic rings. The summed E-state index contributed by atoms with van der Waals surface area (Å²) in [6, 6.07) is 12.5. The molecule has 3 unspecified atom stereocenters. The Hall–Kier alpha value is -2.42. The number of rotatable bonds is 6. The molecule has 0 saturated carbocycles. The monoisotopic (exact) mass is 456 g/mol. The standard InChI is InChI=1S/C24H29FN4O2S/c1-15-3-8-19(11-16(15)2)26-22(30)14-32-24-27-21-9-10-29(13-20(21)23(31)28-24)12-17-4-6-18(25)7-5-17/h3-8,11,20-21,24,27H,9-10,12-14H2,1-2H3,(H,26,30)(H,28,31). The van der Waals surface area contributed by atoms with Crippen LogP contribution < -0.4 is 16.0 Å². The van der Waals surface area contributed by atoms with Crippen LogP contribution in [0.5, 0.6) is 0 Å². The molecule has 2 aliphatic heterocycles. The molecule has 2 aromatic carbocycles. The SMILES string of the molecule is Cc1ccc(NC(=O)CSC2NC(=O)C3CN(Cc4ccc(F)cc4)CCC3N2)cc1C. The van der Waals surface area contributed by atoms with E-state index in [0.717, 1.165) is 29.8 Å². The molecule has 170 valence electrons. The van der Waals surface area contributed by atoms with Crippen molar-refractivity contribution in [2.24, 2.45) is 5.92 Å². The lowest BCUT2D eigenvalue weighted by molar-refractivity contribution is -0.130. The largest absolute Gasteiger partial charge is 0.331 e. The van der Waals surface area contributed by atoms with Gasteiger partial charge in [0.1, 0.15) is 11.3 Å². The summed E-state index contributed by atoms with van der Waals surface area (Å²) in [5.74, 6) is -0.200. The predicted octanol–water partition coefficient (Wildman–Crippen LogP) is 3.01. The van der Waals surface area contributed by atoms with Gasteiger partial charge in [0, 0.05) is 31.4 Å². The van der Waals surface area contributed by atoms with Crippen molar-refractivity contribution in [2.75, 3.05) is 24.2 Å². The predicted molar refractivity (Wildman–Crippen MR) is 126 cm³/mol. The molecule has 3 N–H and O–H groups in total. The summed E-state index contributed by atoms with van der Waals surface area (Å²) in [6.07, 6.45) is 0.852. The number of benzene rings is 2. The van der Waals surface area contributed by atoms with E-state index in [1.165, 1.54) is 29.5 Å². The van der Waals surface area contributed by atoms with Crippen LogP contribution in [0.15, 0.2) is 42.5 Å². The fourth-order valence-electron chi connectivity index (χ4n) is 4.21. The van der Waals surface area contributed by atoms with E-state index in [1.807, 2.05) is 32.0 Å². The number of likely N-dealkylation sites (tertiary alicyclic amines) is 1. The normalized spacial score (nSPS) is 23.3. The highest BCUT2D eigenvalue weighted by molar-refractivity contribution is 8.00. The molecule has 2 amide bonds. The molecule has 0 spiro atoms. The minimum Gasteiger partial charge on any atom is -0.331 e. The second-order valence-electron chi connectivity index (χ2n) is 8.58. The van der Waals surface area contributed by atoms with Crippen LogP contribution in [0, 0.1) is 25.6 Å². The van der Waals surface area contributed by atoms with Gasteiger partial charge in [-0.2, -0.15) is 0 Å². The Balaban J connectivity index is 1.25. The smallest absolute Gasteiger partial charge is 0.234 e. The maximum atomic E-state index is 13.1. The van der Waals surface area contributed by atoms with Gasteiger partial charge in [0.15, 0.2) is 0 Å². The van der Waals surface area contributed by atoms with Crippen molar-refractivity contribution in [3.63, 3.8) is 0 Å². The Morgan fingerprint density at radius 1 is 1.19 bits per heavy atom. The van der Waals surface area contributed by atoms with Crippen molar-refractivity contribution in [1.82, 2.24) is 15.5 Å². The summed E-state index contributed by atoms with van der Waals surface area (Å²) in [7, 11) is 0. The number of fused-ring (bicyclic) bond motifs is 1. The van der Waals surface area contributed by atoms with E-state index in [4.69, 9.17) is 0 Å². The molecule has 2 aliphatic rings. The molecule has 0 bridgehead atoms. The highest BCUT2D eigenvalue weighted by Crippen LogP contribution is 2.25. The first kappa shape index (κ1) is 22.8. The van der Waals surface area contributed by atoms with Gasteiger partial charge in [-0.1, -0.05) is 18.2 Å². The average molecular weight is 457 g/mol. The van der Waals surface area contributed by atoms with Crippen LogP contribution in [-0.2, 0) is 16.1 Å². The Kier molecular flexibility index (Phi) is 7.13. The quantitative estimate of drug-likeness (QED) is 0.623. The molecule has 0 aromatic heterocycles. The number of nitrogens with zero attached hydrogens (tertiary/aromatic N) is 1. The van der Waals surface area contributed by atoms with Crippen LogP contribution in [0.4, 0.5) is 10.1 Å². The molecule has 4 rings (SSSR count). The van der Waals surface area contributed by atoms with Crippen LogP contribution >= 0.6 is 11.8 Å². The first-order valence-electron chi connectivity index (χ1n) is 10.9. The van der Waals surface area contributed by atoms with Crippen LogP contribution in [0.1, 0.15) is 23.1 Å². The number of nitrogens with one attached hydrogen (secondary N) is 3. The van der Waals surface area contributed by atoms with Gasteiger partial charge in [0.05, 0.1) is 11.7 Å². The highest BCUT2D eigenvalue weighted by atomic mass is 32.2. The van der Waals surface area contributed by atoms with Crippen LogP contribution in [0.25, 0.3) is 0 Å². The second kappa shape index (κ2) is 10.0. The average Bonchev–Trinajstić information content (AvgIpc) is 2.77. The molecule has 2 saturated heterocycles. The lowest BCUT2D eigenvalue weighted by Crippen LogP contribution is -2.64. The van der Waals surface area contributed by atoms with Crippen LogP contribution in [0.3, 0.4) is 0 Å². The van der Waals surface area contributed by atoms with Gasteiger partial charge in [-0.3, -0.25) is 19.8 Å². The molecule has 2 heterocycles. The van der Waals surface area contributed by atoms with E-state index in [0.29, 0.717) is 13.1 Å². The highest BCUT2D eigenvalue weighted by Gasteiger charge is 2.39. The molecule has 6 nitrogen and oxygen atoms in total. The molecule has 0 aliphatic carbocycles. The molecule has 2 fully saturated rings. The van der Waals surface area contributed by atoms with E-state index < -0.39 is 0 Å². The minimum absolute atomic E-state index is 0.0182. The Labute approximate surface area is 192 Å². The second-order valence-corrected chi connectivity index (χ2v) is 9.67. The lowest BCUT2D eigenvalue weighted by atomic mass is 9.89. The van der Waals surface area contributed by atoms with E-state index in [9.17, 15) is 14.0 Å². The van der Waals surface area contributed by atoms with Gasteiger partial charge in [-0.15, -0.1) is 11.8 Å². The number of thioether (sulfide) groups is 1. The van der Waals surface area contributed by atoms with Gasteiger partial charge in [0.25, 0.3) is 0 Å². The zero-order valence-electron chi connectivity index (χ0n) is 18.4. The van der Waals surface area contributed by atoms with Crippen molar-refractivity contribution >= 4 is 29.3 Å². The van der Waals surface area contributed by atoms with E-state index in [-0.39, 0.29) is 40.8 Å². The van der Waals surface area contributed by atoms with Gasteiger partial charge in [0.2, 0.25) is 11.8 Å². The number of aryl methyl sites for hydroxylation is 2. The number of amides is 2. The van der Waals surface area contributed by atoms with E-state index in [2.05, 4.69) is 20.9 Å². The van der Waals surface area contributed by atoms with Crippen LogP contribution in [0.2, 0.25) is 0 Å². The molecule has 3 atom stereocenters. The fourth-order valence-corrected chi connectivity index (χ4v) is 5.07. The van der Waals surface area contributed by atoms with E-state index in [1.54, 1.807) is 12.1 Å². The fraction of sp³-hybridized carbons (Fsp3) is 0.417. The van der Waals surface area contributed by atoms with Crippen molar-refractivity contribution < 1.29 is 14.0 Å². The number of halogens is 1. The lowest BCUT2D eigenvalue weighted by Gasteiger charge is -2.43. The van der Waals surface area contributed by atoms with Crippen LogP contribution in [-0.4, -0.2) is 47.1 Å². The van der Waals surface area contributed by atoms with Gasteiger partial charge in [-0.25, -0.2) is 4.39 Å². The first-order valence-corrected chi connectivity index (χ1v) is 11.9. The number of piperidine rings is 1. The minimum atomic E-state index is -0.280. The summed E-state index contributed by atoms with van der Waals surface area (Å²) in [5, 5.41) is 9.41. The third-order valence-electron chi connectivity index (χ3n) is 6.16. The zero-order chi connectivity index (χ0) is 22.7. The Morgan fingerprint density at radius 2 is 1.97 bits per heavy atom. The number of carbonyl (C=O) groups is 2. The Bertz CT molecular complexity index is 984. The summed E-state index contributed by atoms with van der Waals surface area (Å²) >= 11 is 1.39. The van der Waals surface area contributed by atoms with E-state index >= 15 is 0 Å². The number of anilines is 1. The van der Waals surface area contributed by atoms with Crippen molar-refractivity contribution in [3.8, 4) is 0 Å². The molecular weight excluding hydrogens is 427 g/mol. The zero-order valence-corrected chi connectivity index (χ0v) is 19.2. The Morgan fingerprint density at radius 3 is 2.72 bits per heavy atom. The maximum absolute atomic E-state index is 13.1. The summed E-state index contributed by atoms with van der Waals surface area (Å²) in [4.78, 5) is 27.3. The summed E-state index contributed by atoms with van der Waals surface area (Å²) in [5.41, 5.74) is 3.86. The number of carbonyl (C=O) groups excluding carboxylic acids is 2. The van der Waals surface area contributed by atoms with Gasteiger partial charge >= 0.3 is 0 Å². The molecule has 0 radical (unpaired) electrons. The maximum Gasteiger partial charge on any atom is 0.234 e. The molecule has 8 heteroatoms. The summed E-state index contributed by atoms with van der Waals surface area (Å²) < 4.78 is 13.1. The third-order valence-corrected chi connectivity index (χ3v) is 7.18. The molecular formula is C24H29FN4O2S. The van der Waals surface area contributed by atoms with Crippen molar-refractivity contribution in [1.29, 1.82) is 0 Å². The number of hydrogen-bond acceptors (Lipinski definition) is 5. The third kappa shape index (κ3) is 5.68. The molecule has 32 heavy (non-hydrogen) atoms.